The number of Topliss-reactive ketones (excluding diaryl/α,β-unsaturated/α-hetero) is 1. The molecule has 0 fully saturated rings. The number of ketones is 1. The number of hydrogen-bond acceptors (Lipinski definition) is 1. The van der Waals surface area contributed by atoms with Crippen molar-refractivity contribution in [2.75, 3.05) is 4.43 Å². The van der Waals surface area contributed by atoms with Crippen LogP contribution in [0.2, 0.25) is 5.02 Å². The Morgan fingerprint density at radius 1 is 1.54 bits per heavy atom. The molecule has 0 aromatic heterocycles. The topological polar surface area (TPSA) is 17.1 Å². The molecule has 1 aromatic rings. The van der Waals surface area contributed by atoms with Crippen molar-refractivity contribution in [2.45, 2.75) is 6.42 Å². The van der Waals surface area contributed by atoms with Crippen LogP contribution in [0.3, 0.4) is 0 Å². The zero-order valence-corrected chi connectivity index (χ0v) is 9.60. The van der Waals surface area contributed by atoms with Crippen LogP contribution in [0.5, 0.6) is 0 Å². The van der Waals surface area contributed by atoms with Gasteiger partial charge < -0.3 is 0 Å². The molecule has 13 heavy (non-hydrogen) atoms. The Morgan fingerprint density at radius 3 is 2.85 bits per heavy atom. The highest BCUT2D eigenvalue weighted by Gasteiger charge is 2.12. The molecule has 0 heterocycles. The molecular weight excluding hydrogens is 305 g/mol. The number of hydrogen-bond donors (Lipinski definition) is 0. The Hall–Kier alpha value is -0.160. The maximum absolute atomic E-state index is 13.2. The van der Waals surface area contributed by atoms with E-state index >= 15 is 0 Å². The van der Waals surface area contributed by atoms with Crippen molar-refractivity contribution >= 4 is 40.0 Å². The van der Waals surface area contributed by atoms with E-state index in [2.05, 4.69) is 22.6 Å². The lowest BCUT2D eigenvalue weighted by molar-refractivity contribution is 0.0986. The Morgan fingerprint density at radius 2 is 2.23 bits per heavy atom. The number of rotatable bonds is 3. The first kappa shape index (κ1) is 10.9. The summed E-state index contributed by atoms with van der Waals surface area (Å²) in [6.45, 7) is 0. The van der Waals surface area contributed by atoms with Gasteiger partial charge in [0.1, 0.15) is 0 Å². The number of benzene rings is 1. The molecule has 0 amide bonds. The molecular formula is C9H7ClFIO. The smallest absolute Gasteiger partial charge is 0.166 e. The normalized spacial score (nSPS) is 10.1. The zero-order chi connectivity index (χ0) is 9.84. The van der Waals surface area contributed by atoms with Crippen LogP contribution in [0.4, 0.5) is 4.39 Å². The molecule has 0 saturated carbocycles. The minimum absolute atomic E-state index is 0.000641. The predicted molar refractivity (Wildman–Crippen MR) is 59.2 cm³/mol. The van der Waals surface area contributed by atoms with E-state index in [9.17, 15) is 9.18 Å². The predicted octanol–water partition coefficient (Wildman–Crippen LogP) is 3.49. The molecule has 4 heteroatoms. The lowest BCUT2D eigenvalue weighted by Gasteiger charge is -2.01. The molecule has 0 aliphatic carbocycles. The summed E-state index contributed by atoms with van der Waals surface area (Å²) in [6, 6.07) is 4.46. The van der Waals surface area contributed by atoms with Crippen molar-refractivity contribution in [3.8, 4) is 0 Å². The van der Waals surface area contributed by atoms with E-state index in [4.69, 9.17) is 11.6 Å². The molecule has 0 spiro atoms. The number of carbonyl (C=O) groups excluding carboxylic acids is 1. The number of carbonyl (C=O) groups is 1. The molecule has 0 bridgehead atoms. The first-order valence-electron chi connectivity index (χ1n) is 3.70. The SMILES string of the molecule is O=C(CCI)c1cccc(Cl)c1F. The quantitative estimate of drug-likeness (QED) is 0.474. The maximum Gasteiger partial charge on any atom is 0.166 e. The van der Waals surface area contributed by atoms with Gasteiger partial charge in [0.15, 0.2) is 11.6 Å². The second-order valence-electron chi connectivity index (χ2n) is 2.46. The standard InChI is InChI=1S/C9H7ClFIO/c10-7-3-1-2-6(9(7)11)8(13)4-5-12/h1-3H,4-5H2. The Balaban J connectivity index is 3.01. The Labute approximate surface area is 94.4 Å². The molecule has 1 rings (SSSR count). The van der Waals surface area contributed by atoms with E-state index in [1.54, 1.807) is 6.07 Å². The second kappa shape index (κ2) is 4.91. The molecule has 0 aliphatic rings. The highest BCUT2D eigenvalue weighted by atomic mass is 127. The summed E-state index contributed by atoms with van der Waals surface area (Å²) < 4.78 is 13.9. The molecule has 0 unspecified atom stereocenters. The molecule has 1 aromatic carbocycles. The molecule has 0 N–H and O–H groups in total. The van der Waals surface area contributed by atoms with Crippen LogP contribution in [0, 0.1) is 5.82 Å². The van der Waals surface area contributed by atoms with Crippen molar-refractivity contribution in [1.29, 1.82) is 0 Å². The van der Waals surface area contributed by atoms with E-state index in [0.29, 0.717) is 10.8 Å². The average molecular weight is 313 g/mol. The van der Waals surface area contributed by atoms with Gasteiger partial charge in [-0.25, -0.2) is 4.39 Å². The Bertz CT molecular complexity index is 327. The third-order valence-corrected chi connectivity index (χ3v) is 2.40. The Kier molecular flexibility index (Phi) is 4.12. The van der Waals surface area contributed by atoms with Gasteiger partial charge in [0.2, 0.25) is 0 Å². The summed E-state index contributed by atoms with van der Waals surface area (Å²) in [5, 5.41) is -0.000641. The van der Waals surface area contributed by atoms with Crippen molar-refractivity contribution in [1.82, 2.24) is 0 Å². The third kappa shape index (κ3) is 2.64. The van der Waals surface area contributed by atoms with Crippen LogP contribution in [0.15, 0.2) is 18.2 Å². The van der Waals surface area contributed by atoms with E-state index in [-0.39, 0.29) is 16.4 Å². The number of alkyl halides is 1. The summed E-state index contributed by atoms with van der Waals surface area (Å²) in [5.41, 5.74) is 0.0872. The highest BCUT2D eigenvalue weighted by Crippen LogP contribution is 2.19. The first-order valence-corrected chi connectivity index (χ1v) is 5.60. The van der Waals surface area contributed by atoms with Gasteiger partial charge in [0.25, 0.3) is 0 Å². The van der Waals surface area contributed by atoms with Gasteiger partial charge in [-0.2, -0.15) is 0 Å². The molecule has 0 radical (unpaired) electrons. The summed E-state index contributed by atoms with van der Waals surface area (Å²) in [4.78, 5) is 11.3. The van der Waals surface area contributed by atoms with Crippen LogP contribution >= 0.6 is 34.2 Å². The van der Waals surface area contributed by atoms with Crippen LogP contribution in [-0.4, -0.2) is 10.2 Å². The first-order chi connectivity index (χ1) is 6.16. The molecule has 1 nitrogen and oxygen atoms in total. The monoisotopic (exact) mass is 312 g/mol. The summed E-state index contributed by atoms with van der Waals surface area (Å²) in [5.74, 6) is -0.812. The van der Waals surface area contributed by atoms with Gasteiger partial charge in [-0.1, -0.05) is 40.3 Å². The van der Waals surface area contributed by atoms with Crippen molar-refractivity contribution in [2.24, 2.45) is 0 Å². The van der Waals surface area contributed by atoms with Gasteiger partial charge in [-0.15, -0.1) is 0 Å². The fraction of sp³-hybridized carbons (Fsp3) is 0.222. The van der Waals surface area contributed by atoms with Crippen molar-refractivity contribution < 1.29 is 9.18 Å². The van der Waals surface area contributed by atoms with Crippen LogP contribution < -0.4 is 0 Å². The molecule has 0 atom stereocenters. The summed E-state index contributed by atoms with van der Waals surface area (Å²) >= 11 is 7.60. The summed E-state index contributed by atoms with van der Waals surface area (Å²) in [7, 11) is 0. The zero-order valence-electron chi connectivity index (χ0n) is 6.69. The molecule has 0 saturated heterocycles. The van der Waals surface area contributed by atoms with Crippen LogP contribution in [0.1, 0.15) is 16.8 Å². The maximum atomic E-state index is 13.2. The highest BCUT2D eigenvalue weighted by molar-refractivity contribution is 14.1. The average Bonchev–Trinajstić information content (AvgIpc) is 2.10. The lowest BCUT2D eigenvalue weighted by atomic mass is 10.1. The van der Waals surface area contributed by atoms with Gasteiger partial charge >= 0.3 is 0 Å². The third-order valence-electron chi connectivity index (χ3n) is 1.57. The van der Waals surface area contributed by atoms with Gasteiger partial charge in [-0.05, 0) is 12.1 Å². The van der Waals surface area contributed by atoms with E-state index in [1.165, 1.54) is 12.1 Å². The van der Waals surface area contributed by atoms with Crippen molar-refractivity contribution in [3.05, 3.63) is 34.6 Å². The summed E-state index contributed by atoms with van der Waals surface area (Å²) in [6.07, 6.45) is 0.345. The van der Waals surface area contributed by atoms with E-state index < -0.39 is 5.82 Å². The van der Waals surface area contributed by atoms with E-state index in [1.807, 2.05) is 0 Å². The minimum atomic E-state index is -0.612. The lowest BCUT2D eigenvalue weighted by Crippen LogP contribution is -2.02. The van der Waals surface area contributed by atoms with E-state index in [0.717, 1.165) is 0 Å². The van der Waals surface area contributed by atoms with Gasteiger partial charge in [-0.3, -0.25) is 4.79 Å². The van der Waals surface area contributed by atoms with Gasteiger partial charge in [0.05, 0.1) is 10.6 Å². The molecule has 0 aliphatic heterocycles. The fourth-order valence-electron chi connectivity index (χ4n) is 0.940. The second-order valence-corrected chi connectivity index (χ2v) is 3.95. The van der Waals surface area contributed by atoms with Crippen LogP contribution in [0.25, 0.3) is 0 Å². The number of halogens is 3. The van der Waals surface area contributed by atoms with Crippen molar-refractivity contribution in [3.63, 3.8) is 0 Å². The minimum Gasteiger partial charge on any atom is -0.294 e. The van der Waals surface area contributed by atoms with Crippen LogP contribution in [-0.2, 0) is 0 Å². The largest absolute Gasteiger partial charge is 0.294 e. The van der Waals surface area contributed by atoms with Gasteiger partial charge in [0, 0.05) is 10.8 Å². The molecule has 70 valence electrons. The fourth-order valence-corrected chi connectivity index (χ4v) is 1.60.